The summed E-state index contributed by atoms with van der Waals surface area (Å²) in [6, 6.07) is 8.39. The number of hydrogen-bond acceptors (Lipinski definition) is 4. The van der Waals surface area contributed by atoms with Gasteiger partial charge in [-0.25, -0.2) is 4.98 Å². The molecule has 3 rings (SSSR count). The molecule has 2 aromatic heterocycles. The molecule has 1 aromatic carbocycles. The molecule has 2 heterocycles. The van der Waals surface area contributed by atoms with Gasteiger partial charge < -0.3 is 5.73 Å². The second-order valence-electron chi connectivity index (χ2n) is 3.59. The minimum atomic E-state index is 0.471. The molecule has 0 fully saturated rings. The van der Waals surface area contributed by atoms with E-state index >= 15 is 0 Å². The Balaban J connectivity index is 2.20. The van der Waals surface area contributed by atoms with Gasteiger partial charge in [0.25, 0.3) is 0 Å². The van der Waals surface area contributed by atoms with Gasteiger partial charge in [0, 0.05) is 27.6 Å². The van der Waals surface area contributed by atoms with Crippen LogP contribution in [0.1, 0.15) is 5.69 Å². The molecule has 0 saturated heterocycles. The summed E-state index contributed by atoms with van der Waals surface area (Å²) in [6.45, 7) is 0.471. The number of nitrogens with two attached hydrogens (primary N) is 1. The molecule has 0 spiro atoms. The second kappa shape index (κ2) is 4.49. The van der Waals surface area contributed by atoms with E-state index in [1.807, 2.05) is 0 Å². The summed E-state index contributed by atoms with van der Waals surface area (Å²) in [6.07, 6.45) is 0. The van der Waals surface area contributed by atoms with Gasteiger partial charge in [0.2, 0.25) is 0 Å². The molecule has 0 saturated carbocycles. The number of halogens is 1. The van der Waals surface area contributed by atoms with Crippen molar-refractivity contribution in [3.63, 3.8) is 0 Å². The van der Waals surface area contributed by atoms with Crippen molar-refractivity contribution in [3.05, 3.63) is 39.1 Å². The maximum absolute atomic E-state index is 5.65. The number of thiophene rings is 1. The normalized spacial score (nSPS) is 11.2. The van der Waals surface area contributed by atoms with Crippen LogP contribution in [0.4, 0.5) is 0 Å². The first-order chi connectivity index (χ1) is 8.29. The fraction of sp³-hybridized carbons (Fsp3) is 0.0833. The third-order valence-electron chi connectivity index (χ3n) is 2.55. The van der Waals surface area contributed by atoms with Gasteiger partial charge in [-0.2, -0.15) is 0 Å². The maximum Gasteiger partial charge on any atom is 0.126 e. The van der Waals surface area contributed by atoms with E-state index < -0.39 is 0 Å². The third kappa shape index (κ3) is 1.93. The molecule has 2 nitrogen and oxygen atoms in total. The van der Waals surface area contributed by atoms with Crippen LogP contribution < -0.4 is 5.73 Å². The molecule has 0 atom stereocenters. The van der Waals surface area contributed by atoms with Crippen molar-refractivity contribution < 1.29 is 0 Å². The molecule has 0 unspecified atom stereocenters. The van der Waals surface area contributed by atoms with Crippen LogP contribution >= 0.6 is 38.6 Å². The quantitative estimate of drug-likeness (QED) is 0.765. The molecule has 2 N–H and O–H groups in total. The number of nitrogens with zero attached hydrogens (tertiary/aromatic N) is 1. The minimum Gasteiger partial charge on any atom is -0.325 e. The minimum absolute atomic E-state index is 0.471. The van der Waals surface area contributed by atoms with E-state index in [-0.39, 0.29) is 0 Å². The van der Waals surface area contributed by atoms with Crippen molar-refractivity contribution >= 4 is 48.7 Å². The smallest absolute Gasteiger partial charge is 0.126 e. The number of rotatable bonds is 2. The highest BCUT2D eigenvalue weighted by atomic mass is 79.9. The predicted molar refractivity (Wildman–Crippen MR) is 78.5 cm³/mol. The van der Waals surface area contributed by atoms with Gasteiger partial charge >= 0.3 is 0 Å². The molecule has 0 aliphatic rings. The monoisotopic (exact) mass is 324 g/mol. The molecule has 0 amide bonds. The fourth-order valence-corrected chi connectivity index (χ4v) is 4.30. The van der Waals surface area contributed by atoms with Gasteiger partial charge in [0.05, 0.1) is 9.48 Å². The molecule has 17 heavy (non-hydrogen) atoms. The third-order valence-corrected chi connectivity index (χ3v) is 5.38. The summed E-state index contributed by atoms with van der Waals surface area (Å²) in [4.78, 5) is 4.57. The number of fused-ring (bicyclic) bond motifs is 1. The number of benzene rings is 1. The standard InChI is InChI=1S/C12H9BrN2S2/c13-11-9(5-14)15-12(17-11)8-6-16-10-4-2-1-3-7(8)10/h1-4,6H,5,14H2. The topological polar surface area (TPSA) is 38.9 Å². The first-order valence-corrected chi connectivity index (χ1v) is 7.60. The van der Waals surface area contributed by atoms with Crippen LogP contribution in [-0.4, -0.2) is 4.98 Å². The van der Waals surface area contributed by atoms with Crippen molar-refractivity contribution in [3.8, 4) is 10.6 Å². The van der Waals surface area contributed by atoms with E-state index in [2.05, 4.69) is 50.6 Å². The van der Waals surface area contributed by atoms with Crippen molar-refractivity contribution in [1.29, 1.82) is 0 Å². The largest absolute Gasteiger partial charge is 0.325 e. The van der Waals surface area contributed by atoms with Gasteiger partial charge in [0.1, 0.15) is 5.01 Å². The zero-order valence-electron chi connectivity index (χ0n) is 8.81. The highest BCUT2D eigenvalue weighted by Gasteiger charge is 2.12. The summed E-state index contributed by atoms with van der Waals surface area (Å²) in [7, 11) is 0. The lowest BCUT2D eigenvalue weighted by Crippen LogP contribution is -1.96. The Morgan fingerprint density at radius 3 is 2.88 bits per heavy atom. The Bertz CT molecular complexity index is 672. The Kier molecular flexibility index (Phi) is 3.00. The summed E-state index contributed by atoms with van der Waals surface area (Å²) in [5, 5.41) is 4.47. The van der Waals surface area contributed by atoms with Crippen molar-refractivity contribution in [1.82, 2.24) is 4.98 Å². The van der Waals surface area contributed by atoms with E-state index in [4.69, 9.17) is 5.73 Å². The number of aromatic nitrogens is 1. The fourth-order valence-electron chi connectivity index (χ4n) is 1.72. The van der Waals surface area contributed by atoms with E-state index in [9.17, 15) is 0 Å². The second-order valence-corrected chi connectivity index (χ2v) is 6.82. The Hall–Kier alpha value is -0.750. The van der Waals surface area contributed by atoms with Crippen LogP contribution in [0.3, 0.4) is 0 Å². The summed E-state index contributed by atoms with van der Waals surface area (Å²) in [5.74, 6) is 0. The molecule has 86 valence electrons. The molecular weight excluding hydrogens is 316 g/mol. The van der Waals surface area contributed by atoms with Crippen LogP contribution in [0.2, 0.25) is 0 Å². The predicted octanol–water partition coefficient (Wildman–Crippen LogP) is 4.25. The molecular formula is C12H9BrN2S2. The van der Waals surface area contributed by atoms with E-state index in [1.54, 1.807) is 22.7 Å². The highest BCUT2D eigenvalue weighted by Crippen LogP contribution is 2.38. The summed E-state index contributed by atoms with van der Waals surface area (Å²) in [5.41, 5.74) is 7.78. The highest BCUT2D eigenvalue weighted by molar-refractivity contribution is 9.11. The zero-order valence-corrected chi connectivity index (χ0v) is 12.0. The lowest BCUT2D eigenvalue weighted by molar-refractivity contribution is 1.01. The molecule has 0 aliphatic heterocycles. The molecule has 5 heteroatoms. The molecule has 3 aromatic rings. The van der Waals surface area contributed by atoms with Crippen LogP contribution in [0.5, 0.6) is 0 Å². The Morgan fingerprint density at radius 1 is 1.29 bits per heavy atom. The van der Waals surface area contributed by atoms with Gasteiger partial charge in [0.15, 0.2) is 0 Å². The van der Waals surface area contributed by atoms with Crippen LogP contribution in [0, 0.1) is 0 Å². The maximum atomic E-state index is 5.65. The lowest BCUT2D eigenvalue weighted by atomic mass is 10.2. The number of thiazole rings is 1. The van der Waals surface area contributed by atoms with Crippen LogP contribution in [0.15, 0.2) is 33.4 Å². The first-order valence-electron chi connectivity index (χ1n) is 5.11. The van der Waals surface area contributed by atoms with Crippen LogP contribution in [-0.2, 0) is 6.54 Å². The Labute approximate surface area is 115 Å². The number of hydrogen-bond donors (Lipinski definition) is 1. The zero-order chi connectivity index (χ0) is 11.8. The summed E-state index contributed by atoms with van der Waals surface area (Å²) < 4.78 is 2.33. The molecule has 0 aliphatic carbocycles. The van der Waals surface area contributed by atoms with E-state index in [0.29, 0.717) is 6.54 Å². The van der Waals surface area contributed by atoms with Crippen molar-refractivity contribution in [2.24, 2.45) is 5.73 Å². The summed E-state index contributed by atoms with van der Waals surface area (Å²) >= 11 is 6.90. The lowest BCUT2D eigenvalue weighted by Gasteiger charge is -1.93. The molecule has 0 radical (unpaired) electrons. The van der Waals surface area contributed by atoms with Gasteiger partial charge in [-0.05, 0) is 22.0 Å². The van der Waals surface area contributed by atoms with Crippen molar-refractivity contribution in [2.75, 3.05) is 0 Å². The van der Waals surface area contributed by atoms with Crippen molar-refractivity contribution in [2.45, 2.75) is 6.54 Å². The average molecular weight is 325 g/mol. The van der Waals surface area contributed by atoms with E-state index in [0.717, 1.165) is 14.5 Å². The SMILES string of the molecule is NCc1nc(-c2csc3ccccc23)sc1Br. The van der Waals surface area contributed by atoms with Gasteiger partial charge in [-0.15, -0.1) is 22.7 Å². The van der Waals surface area contributed by atoms with Gasteiger partial charge in [-0.1, -0.05) is 18.2 Å². The Morgan fingerprint density at radius 2 is 2.12 bits per heavy atom. The average Bonchev–Trinajstić information content (AvgIpc) is 2.92. The first kappa shape index (κ1) is 11.3. The van der Waals surface area contributed by atoms with Crippen LogP contribution in [0.25, 0.3) is 20.7 Å². The van der Waals surface area contributed by atoms with E-state index in [1.165, 1.54) is 15.6 Å². The van der Waals surface area contributed by atoms with Gasteiger partial charge in [-0.3, -0.25) is 0 Å². The molecule has 0 bridgehead atoms.